The van der Waals surface area contributed by atoms with Gasteiger partial charge in [-0.25, -0.2) is 5.48 Å². The van der Waals surface area contributed by atoms with Gasteiger partial charge in [-0.1, -0.05) is 29.8 Å². The van der Waals surface area contributed by atoms with Crippen molar-refractivity contribution >= 4 is 23.3 Å². The van der Waals surface area contributed by atoms with Gasteiger partial charge >= 0.3 is 0 Å². The van der Waals surface area contributed by atoms with Crippen molar-refractivity contribution < 1.29 is 14.8 Å². The minimum atomic E-state index is -0.724. The highest BCUT2D eigenvalue weighted by Crippen LogP contribution is 2.16. The molecule has 2 rings (SSSR count). The molecule has 0 unspecified atom stereocenters. The first kappa shape index (κ1) is 13.3. The monoisotopic (exact) mass is 275 g/mol. The van der Waals surface area contributed by atoms with Gasteiger partial charge in [-0.2, -0.15) is 0 Å². The van der Waals surface area contributed by atoms with E-state index in [0.717, 1.165) is 0 Å². The summed E-state index contributed by atoms with van der Waals surface area (Å²) in [6.07, 6.45) is 0. The molecule has 0 bridgehead atoms. The van der Waals surface area contributed by atoms with E-state index in [1.54, 1.807) is 36.4 Å². The first-order valence-corrected chi connectivity index (χ1v) is 5.85. The van der Waals surface area contributed by atoms with Gasteiger partial charge in [0.15, 0.2) is 5.78 Å². The molecule has 2 N–H and O–H groups in total. The summed E-state index contributed by atoms with van der Waals surface area (Å²) in [4.78, 5) is 23.8. The van der Waals surface area contributed by atoms with Crippen molar-refractivity contribution in [3.63, 3.8) is 0 Å². The Morgan fingerprint density at radius 3 is 2.11 bits per heavy atom. The second-order valence-electron chi connectivity index (χ2n) is 3.82. The minimum absolute atomic E-state index is 0.116. The maximum atomic E-state index is 12.3. The lowest BCUT2D eigenvalue weighted by atomic mass is 9.98. The van der Waals surface area contributed by atoms with Gasteiger partial charge in [-0.15, -0.1) is 0 Å². The van der Waals surface area contributed by atoms with Crippen LogP contribution in [0, 0.1) is 0 Å². The van der Waals surface area contributed by atoms with Crippen molar-refractivity contribution in [1.29, 1.82) is 0 Å². The lowest BCUT2D eigenvalue weighted by molar-refractivity contribution is 0.0703. The predicted octanol–water partition coefficient (Wildman–Crippen LogP) is 2.69. The average molecular weight is 276 g/mol. The smallest absolute Gasteiger partial charge is 0.275 e. The van der Waals surface area contributed by atoms with Crippen molar-refractivity contribution in [2.75, 3.05) is 0 Å². The number of hydrogen-bond donors (Lipinski definition) is 2. The van der Waals surface area contributed by atoms with Crippen LogP contribution in [0.25, 0.3) is 0 Å². The Kier molecular flexibility index (Phi) is 3.94. The molecule has 0 radical (unpaired) electrons. The van der Waals surface area contributed by atoms with Crippen LogP contribution in [-0.4, -0.2) is 16.9 Å². The zero-order valence-electron chi connectivity index (χ0n) is 9.76. The minimum Gasteiger partial charge on any atom is -0.289 e. The molecule has 0 aliphatic heterocycles. The van der Waals surface area contributed by atoms with Gasteiger partial charge in [0.25, 0.3) is 5.91 Å². The fourth-order valence-electron chi connectivity index (χ4n) is 1.70. The van der Waals surface area contributed by atoms with Crippen molar-refractivity contribution in [2.24, 2.45) is 0 Å². The normalized spacial score (nSPS) is 10.0. The zero-order chi connectivity index (χ0) is 13.8. The van der Waals surface area contributed by atoms with Crippen LogP contribution in [0.4, 0.5) is 0 Å². The summed E-state index contributed by atoms with van der Waals surface area (Å²) in [5.41, 5.74) is 2.28. The molecule has 0 aliphatic rings. The lowest BCUT2D eigenvalue weighted by Gasteiger charge is -2.07. The van der Waals surface area contributed by atoms with Gasteiger partial charge in [0.2, 0.25) is 0 Å². The third-order valence-electron chi connectivity index (χ3n) is 2.62. The third kappa shape index (κ3) is 2.81. The van der Waals surface area contributed by atoms with E-state index in [1.165, 1.54) is 17.6 Å². The summed E-state index contributed by atoms with van der Waals surface area (Å²) >= 11 is 5.76. The molecule has 0 spiro atoms. The number of carbonyl (C=O) groups excluding carboxylic acids is 2. The third-order valence-corrected chi connectivity index (χ3v) is 2.88. The average Bonchev–Trinajstić information content (AvgIpc) is 2.46. The molecule has 0 saturated carbocycles. The number of benzene rings is 2. The molecule has 0 fully saturated rings. The Labute approximate surface area is 114 Å². The van der Waals surface area contributed by atoms with E-state index in [9.17, 15) is 9.59 Å². The molecule has 0 aliphatic carbocycles. The number of nitrogens with one attached hydrogen (secondary N) is 1. The van der Waals surface area contributed by atoms with Crippen molar-refractivity contribution in [1.82, 2.24) is 5.48 Å². The van der Waals surface area contributed by atoms with Crippen LogP contribution in [0.1, 0.15) is 26.3 Å². The number of rotatable bonds is 3. The van der Waals surface area contributed by atoms with E-state index in [1.807, 2.05) is 0 Å². The van der Waals surface area contributed by atoms with Gasteiger partial charge in [-0.05, 0) is 30.3 Å². The first-order valence-electron chi connectivity index (χ1n) is 5.47. The molecule has 5 heteroatoms. The number of carbonyl (C=O) groups is 2. The molecule has 2 aromatic rings. The molecule has 0 atom stereocenters. The van der Waals surface area contributed by atoms with Crippen LogP contribution >= 0.6 is 11.6 Å². The highest BCUT2D eigenvalue weighted by molar-refractivity contribution is 6.30. The maximum absolute atomic E-state index is 12.3. The summed E-state index contributed by atoms with van der Waals surface area (Å²) in [5.74, 6) is -1.03. The van der Waals surface area contributed by atoms with E-state index >= 15 is 0 Å². The van der Waals surface area contributed by atoms with Crippen LogP contribution in [-0.2, 0) is 0 Å². The van der Waals surface area contributed by atoms with Gasteiger partial charge in [0.1, 0.15) is 0 Å². The van der Waals surface area contributed by atoms with Crippen molar-refractivity contribution in [2.45, 2.75) is 0 Å². The Bertz CT molecular complexity index is 623. The van der Waals surface area contributed by atoms with E-state index in [2.05, 4.69) is 0 Å². The topological polar surface area (TPSA) is 66.4 Å². The number of hydroxylamine groups is 1. The highest BCUT2D eigenvalue weighted by atomic mass is 35.5. The van der Waals surface area contributed by atoms with Crippen LogP contribution < -0.4 is 5.48 Å². The van der Waals surface area contributed by atoms with Gasteiger partial charge in [-0.3, -0.25) is 14.8 Å². The van der Waals surface area contributed by atoms with E-state index < -0.39 is 5.91 Å². The molecular weight excluding hydrogens is 266 g/mol. The fourth-order valence-corrected chi connectivity index (χ4v) is 1.82. The maximum Gasteiger partial charge on any atom is 0.275 e. The Morgan fingerprint density at radius 2 is 1.53 bits per heavy atom. The summed E-state index contributed by atoms with van der Waals surface area (Å²) in [6, 6.07) is 12.6. The molecule has 0 heterocycles. The fraction of sp³-hybridized carbons (Fsp3) is 0. The van der Waals surface area contributed by atoms with Crippen LogP contribution in [0.2, 0.25) is 5.02 Å². The van der Waals surface area contributed by atoms with E-state index in [4.69, 9.17) is 16.8 Å². The molecule has 4 nitrogen and oxygen atoms in total. The Balaban J connectivity index is 2.44. The van der Waals surface area contributed by atoms with Crippen LogP contribution in [0.3, 0.4) is 0 Å². The number of ketones is 1. The van der Waals surface area contributed by atoms with E-state index in [-0.39, 0.29) is 16.9 Å². The standard InChI is InChI=1S/C14H10ClNO3/c15-10-7-5-9(6-8-10)13(17)11-3-1-2-4-12(11)14(18)16-19/h1-8,19H,(H,16,18). The Hall–Kier alpha value is -2.17. The second-order valence-corrected chi connectivity index (χ2v) is 4.26. The second kappa shape index (κ2) is 5.65. The number of halogens is 1. The van der Waals surface area contributed by atoms with Gasteiger partial charge < -0.3 is 0 Å². The number of amides is 1. The molecule has 0 aromatic heterocycles. The largest absolute Gasteiger partial charge is 0.289 e. The molecule has 1 amide bonds. The highest BCUT2D eigenvalue weighted by Gasteiger charge is 2.17. The quantitative estimate of drug-likeness (QED) is 0.514. The SMILES string of the molecule is O=C(NO)c1ccccc1C(=O)c1ccc(Cl)cc1. The first-order chi connectivity index (χ1) is 9.13. The van der Waals surface area contributed by atoms with Crippen molar-refractivity contribution in [3.05, 3.63) is 70.2 Å². The van der Waals surface area contributed by atoms with Crippen LogP contribution in [0.5, 0.6) is 0 Å². The molecular formula is C14H10ClNO3. The van der Waals surface area contributed by atoms with Gasteiger partial charge in [0, 0.05) is 16.1 Å². The van der Waals surface area contributed by atoms with E-state index in [0.29, 0.717) is 10.6 Å². The van der Waals surface area contributed by atoms with Crippen molar-refractivity contribution in [3.8, 4) is 0 Å². The summed E-state index contributed by atoms with van der Waals surface area (Å²) in [5, 5.41) is 9.20. The summed E-state index contributed by atoms with van der Waals surface area (Å²) < 4.78 is 0. The zero-order valence-corrected chi connectivity index (χ0v) is 10.5. The molecule has 19 heavy (non-hydrogen) atoms. The Morgan fingerprint density at radius 1 is 0.947 bits per heavy atom. The number of hydrogen-bond acceptors (Lipinski definition) is 3. The van der Waals surface area contributed by atoms with Crippen LogP contribution in [0.15, 0.2) is 48.5 Å². The molecule has 2 aromatic carbocycles. The lowest BCUT2D eigenvalue weighted by Crippen LogP contribution is -2.21. The van der Waals surface area contributed by atoms with Gasteiger partial charge in [0.05, 0.1) is 5.56 Å². The summed E-state index contributed by atoms with van der Waals surface area (Å²) in [7, 11) is 0. The predicted molar refractivity (Wildman–Crippen MR) is 70.6 cm³/mol. The summed E-state index contributed by atoms with van der Waals surface area (Å²) in [6.45, 7) is 0. The molecule has 0 saturated heterocycles. The molecule has 96 valence electrons.